The Labute approximate surface area is 53.5 Å². The summed E-state index contributed by atoms with van der Waals surface area (Å²) in [5.74, 6) is 0. The molecular formula is C7H5NO. The van der Waals surface area contributed by atoms with Crippen molar-refractivity contribution in [3.05, 3.63) is 30.4 Å². The number of hydrogen-bond acceptors (Lipinski definition) is 2. The fourth-order valence-corrected chi connectivity index (χ4v) is 0.753. The molecular weight excluding hydrogens is 114 g/mol. The maximum atomic E-state index is 7.23. The first-order chi connectivity index (χ1) is 4.86. The zero-order chi connectivity index (χ0) is 6.97. The average Bonchev–Trinajstić information content (AvgIpc) is 2.33. The van der Waals surface area contributed by atoms with Gasteiger partial charge in [-0.1, -0.05) is 17.3 Å². The lowest BCUT2D eigenvalue weighted by molar-refractivity contribution is 0.456. The summed E-state index contributed by atoms with van der Waals surface area (Å²) in [6.07, 6.45) is 1.63. The van der Waals surface area contributed by atoms with E-state index in [1.165, 1.54) is 0 Å². The van der Waals surface area contributed by atoms with Crippen LogP contribution in [-0.2, 0) is 0 Å². The van der Waals surface area contributed by atoms with Gasteiger partial charge >= 0.3 is 0 Å². The number of benzene rings is 1. The molecule has 0 aliphatic rings. The number of rotatable bonds is 0. The molecule has 0 unspecified atom stereocenters. The summed E-state index contributed by atoms with van der Waals surface area (Å²) >= 11 is 0. The van der Waals surface area contributed by atoms with Crippen LogP contribution in [0, 0.1) is 0 Å². The summed E-state index contributed by atoms with van der Waals surface area (Å²) < 4.78 is 12.1. The molecule has 0 aliphatic heterocycles. The predicted octanol–water partition coefficient (Wildman–Crippen LogP) is 1.83. The van der Waals surface area contributed by atoms with Crippen LogP contribution in [0.15, 0.2) is 35.0 Å². The van der Waals surface area contributed by atoms with Gasteiger partial charge in [-0.05, 0) is 12.1 Å². The zero-order valence-corrected chi connectivity index (χ0v) is 4.66. The number of hydrogen-bond donors (Lipinski definition) is 0. The fraction of sp³-hybridized carbons (Fsp3) is 0. The van der Waals surface area contributed by atoms with E-state index in [0.29, 0.717) is 11.6 Å². The normalized spacial score (nSPS) is 11.8. The minimum atomic E-state index is 0.448. The van der Waals surface area contributed by atoms with Gasteiger partial charge in [0.2, 0.25) is 0 Å². The standard InChI is InChI=1S/C7H5NO/c1-2-4-7-6(3-1)5-8-9-7/h1-5H/i2D. The molecule has 1 heterocycles. The molecule has 44 valence electrons. The lowest BCUT2D eigenvalue weighted by Gasteiger charge is -1.78. The lowest BCUT2D eigenvalue weighted by atomic mass is 10.3. The quantitative estimate of drug-likeness (QED) is 0.530. The van der Waals surface area contributed by atoms with Crippen LogP contribution in [0.1, 0.15) is 1.37 Å². The smallest absolute Gasteiger partial charge is 0.166 e. The third-order valence-electron chi connectivity index (χ3n) is 1.20. The second-order valence-electron chi connectivity index (χ2n) is 1.79. The molecule has 0 amide bonds. The van der Waals surface area contributed by atoms with E-state index >= 15 is 0 Å². The molecule has 0 bridgehead atoms. The highest BCUT2D eigenvalue weighted by Crippen LogP contribution is 2.10. The van der Waals surface area contributed by atoms with E-state index in [4.69, 9.17) is 5.89 Å². The number of fused-ring (bicyclic) bond motifs is 1. The maximum absolute atomic E-state index is 7.23. The second kappa shape index (κ2) is 1.58. The Bertz CT molecular complexity index is 355. The van der Waals surface area contributed by atoms with Crippen molar-refractivity contribution in [2.45, 2.75) is 0 Å². The van der Waals surface area contributed by atoms with Gasteiger partial charge in [0.1, 0.15) is 0 Å². The number of nitrogens with zero attached hydrogens (tertiary/aromatic N) is 1. The first-order valence-electron chi connectivity index (χ1n) is 3.17. The molecule has 0 saturated carbocycles. The maximum Gasteiger partial charge on any atom is 0.166 e. The molecule has 0 aliphatic carbocycles. The van der Waals surface area contributed by atoms with E-state index in [2.05, 4.69) is 5.16 Å². The Hall–Kier alpha value is -1.31. The molecule has 1 aromatic carbocycles. The first-order valence-corrected chi connectivity index (χ1v) is 2.67. The van der Waals surface area contributed by atoms with E-state index in [1.807, 2.05) is 6.07 Å². The van der Waals surface area contributed by atoms with Crippen LogP contribution in [-0.4, -0.2) is 5.16 Å². The van der Waals surface area contributed by atoms with Crippen LogP contribution in [0.4, 0.5) is 0 Å². The minimum Gasteiger partial charge on any atom is -0.356 e. The molecule has 0 spiro atoms. The average molecular weight is 120 g/mol. The number of aromatic nitrogens is 1. The van der Waals surface area contributed by atoms with Gasteiger partial charge in [-0.15, -0.1) is 0 Å². The monoisotopic (exact) mass is 120 g/mol. The molecule has 2 aromatic rings. The van der Waals surface area contributed by atoms with E-state index in [1.54, 1.807) is 18.3 Å². The summed E-state index contributed by atoms with van der Waals surface area (Å²) in [6.45, 7) is 0. The van der Waals surface area contributed by atoms with Crippen molar-refractivity contribution in [3.63, 3.8) is 0 Å². The summed E-state index contributed by atoms with van der Waals surface area (Å²) in [5.41, 5.74) is 0.674. The van der Waals surface area contributed by atoms with Crippen molar-refractivity contribution in [1.29, 1.82) is 0 Å². The van der Waals surface area contributed by atoms with Crippen molar-refractivity contribution in [2.24, 2.45) is 0 Å². The Morgan fingerprint density at radius 2 is 2.56 bits per heavy atom. The summed E-state index contributed by atoms with van der Waals surface area (Å²) in [5, 5.41) is 4.52. The molecule has 2 nitrogen and oxygen atoms in total. The minimum absolute atomic E-state index is 0.448. The van der Waals surface area contributed by atoms with Gasteiger partial charge in [-0.3, -0.25) is 0 Å². The Kier molecular flexibility index (Phi) is 0.646. The first kappa shape index (κ1) is 3.67. The van der Waals surface area contributed by atoms with Gasteiger partial charge < -0.3 is 4.52 Å². The molecule has 0 N–H and O–H groups in total. The Balaban J connectivity index is 2.86. The van der Waals surface area contributed by atoms with Crippen LogP contribution in [0.25, 0.3) is 11.0 Å². The molecule has 2 rings (SSSR count). The molecule has 0 saturated heterocycles. The molecule has 1 aromatic heterocycles. The van der Waals surface area contributed by atoms with Crippen molar-refractivity contribution in [2.75, 3.05) is 0 Å². The molecule has 0 fully saturated rings. The van der Waals surface area contributed by atoms with Gasteiger partial charge in [0, 0.05) is 5.39 Å². The largest absolute Gasteiger partial charge is 0.356 e. The van der Waals surface area contributed by atoms with Crippen molar-refractivity contribution >= 4 is 11.0 Å². The topological polar surface area (TPSA) is 26.0 Å². The van der Waals surface area contributed by atoms with E-state index in [9.17, 15) is 0 Å². The second-order valence-corrected chi connectivity index (χ2v) is 1.79. The molecule has 9 heavy (non-hydrogen) atoms. The third-order valence-corrected chi connectivity index (χ3v) is 1.20. The van der Waals surface area contributed by atoms with Gasteiger partial charge in [0.15, 0.2) is 5.58 Å². The van der Waals surface area contributed by atoms with Crippen LogP contribution in [0.3, 0.4) is 0 Å². The van der Waals surface area contributed by atoms with Crippen LogP contribution < -0.4 is 0 Å². The summed E-state index contributed by atoms with van der Waals surface area (Å²) in [4.78, 5) is 0. The SMILES string of the molecule is [2H]c1ccc2cnoc2c1. The predicted molar refractivity (Wildman–Crippen MR) is 34.0 cm³/mol. The Morgan fingerprint density at radius 1 is 1.56 bits per heavy atom. The fourth-order valence-electron chi connectivity index (χ4n) is 0.753. The van der Waals surface area contributed by atoms with E-state index in [-0.39, 0.29) is 0 Å². The van der Waals surface area contributed by atoms with Crippen molar-refractivity contribution in [3.8, 4) is 0 Å². The zero-order valence-electron chi connectivity index (χ0n) is 5.66. The van der Waals surface area contributed by atoms with Crippen molar-refractivity contribution < 1.29 is 5.89 Å². The molecule has 0 atom stereocenters. The van der Waals surface area contributed by atoms with Crippen LogP contribution >= 0.6 is 0 Å². The van der Waals surface area contributed by atoms with Gasteiger partial charge in [-0.25, -0.2) is 0 Å². The van der Waals surface area contributed by atoms with Gasteiger partial charge in [-0.2, -0.15) is 0 Å². The van der Waals surface area contributed by atoms with E-state index < -0.39 is 0 Å². The molecule has 2 heteroatoms. The summed E-state index contributed by atoms with van der Waals surface area (Å²) in [7, 11) is 0. The Morgan fingerprint density at radius 3 is 3.56 bits per heavy atom. The summed E-state index contributed by atoms with van der Waals surface area (Å²) in [6, 6.07) is 5.61. The molecule has 0 radical (unpaired) electrons. The van der Waals surface area contributed by atoms with Crippen molar-refractivity contribution in [1.82, 2.24) is 5.16 Å². The highest BCUT2D eigenvalue weighted by molar-refractivity contribution is 5.75. The van der Waals surface area contributed by atoms with E-state index in [0.717, 1.165) is 5.39 Å². The van der Waals surface area contributed by atoms with Crippen LogP contribution in [0.5, 0.6) is 0 Å². The number of para-hydroxylation sites is 1. The lowest BCUT2D eigenvalue weighted by Crippen LogP contribution is -1.57. The van der Waals surface area contributed by atoms with Gasteiger partial charge in [0.25, 0.3) is 0 Å². The van der Waals surface area contributed by atoms with Gasteiger partial charge in [0.05, 0.1) is 7.57 Å². The third kappa shape index (κ3) is 0.598. The highest BCUT2D eigenvalue weighted by Gasteiger charge is 1.91. The van der Waals surface area contributed by atoms with Crippen LogP contribution in [0.2, 0.25) is 0 Å². The highest BCUT2D eigenvalue weighted by atomic mass is 16.5.